The van der Waals surface area contributed by atoms with Gasteiger partial charge < -0.3 is 14.6 Å². The molecule has 2 saturated heterocycles. The van der Waals surface area contributed by atoms with Gasteiger partial charge >= 0.3 is 0 Å². The molecule has 1 aliphatic carbocycles. The van der Waals surface area contributed by atoms with Crippen molar-refractivity contribution in [2.24, 2.45) is 11.8 Å². The summed E-state index contributed by atoms with van der Waals surface area (Å²) in [6, 6.07) is 0. The minimum atomic E-state index is -0.311. The maximum atomic E-state index is 10.6. The third-order valence-electron chi connectivity index (χ3n) is 5.46. The lowest BCUT2D eigenvalue weighted by Crippen LogP contribution is -2.35. The lowest BCUT2D eigenvalue weighted by molar-refractivity contribution is 0.0461. The number of aliphatic hydroxyl groups excluding tert-OH is 1. The van der Waals surface area contributed by atoms with Crippen molar-refractivity contribution in [1.29, 1.82) is 0 Å². The average Bonchev–Trinajstić information content (AvgIpc) is 3.12. The van der Waals surface area contributed by atoms with Crippen LogP contribution in [0.2, 0.25) is 0 Å². The third kappa shape index (κ3) is 2.00. The zero-order chi connectivity index (χ0) is 13.1. The first-order valence-electron chi connectivity index (χ1n) is 7.39. The van der Waals surface area contributed by atoms with Crippen LogP contribution in [0.25, 0.3) is 0 Å². The van der Waals surface area contributed by atoms with Crippen molar-refractivity contribution in [3.63, 3.8) is 0 Å². The average molecular weight is 254 g/mol. The summed E-state index contributed by atoms with van der Waals surface area (Å²) in [6.45, 7) is 8.76. The first-order valence-corrected chi connectivity index (χ1v) is 7.39. The van der Waals surface area contributed by atoms with Gasteiger partial charge in [-0.25, -0.2) is 0 Å². The summed E-state index contributed by atoms with van der Waals surface area (Å²) in [7, 11) is 0. The molecule has 3 fully saturated rings. The van der Waals surface area contributed by atoms with Crippen LogP contribution in [0, 0.1) is 11.8 Å². The van der Waals surface area contributed by atoms with Crippen LogP contribution < -0.4 is 0 Å². The Labute approximate surface area is 110 Å². The van der Waals surface area contributed by atoms with E-state index in [2.05, 4.69) is 27.7 Å². The standard InChI is InChI=1S/C15H26O3/c1-9(2)10-5-7-14(3)11(17-14)6-8-15(4)13(18-15)12(10)16/h9-13,16H,5-8H2,1-4H3/t10-,11+,12+,13+,14-,15-/m0/s1. The SMILES string of the molecule is CC(C)[C@@H]1CC[C@]2(C)O[C@@H]2CC[C@]2(C)O[C@@H]2[C@@H]1O. The van der Waals surface area contributed by atoms with Gasteiger partial charge in [-0.2, -0.15) is 0 Å². The summed E-state index contributed by atoms with van der Waals surface area (Å²) in [5.41, 5.74) is -0.0261. The number of hydrogen-bond donors (Lipinski definition) is 1. The molecule has 3 aliphatic rings. The Bertz CT molecular complexity index is 343. The van der Waals surface area contributed by atoms with E-state index in [0.29, 0.717) is 17.9 Å². The molecule has 6 atom stereocenters. The summed E-state index contributed by atoms with van der Waals surface area (Å²) in [5.74, 6) is 0.824. The monoisotopic (exact) mass is 254 g/mol. The molecule has 0 bridgehead atoms. The van der Waals surface area contributed by atoms with E-state index in [9.17, 15) is 5.11 Å². The Morgan fingerprint density at radius 1 is 1.06 bits per heavy atom. The Morgan fingerprint density at radius 3 is 2.39 bits per heavy atom. The van der Waals surface area contributed by atoms with Crippen LogP contribution in [0.1, 0.15) is 53.4 Å². The number of rotatable bonds is 1. The van der Waals surface area contributed by atoms with Crippen molar-refractivity contribution < 1.29 is 14.6 Å². The number of hydrogen-bond acceptors (Lipinski definition) is 3. The highest BCUT2D eigenvalue weighted by molar-refractivity contribution is 5.09. The lowest BCUT2D eigenvalue weighted by Gasteiger charge is -2.27. The number of fused-ring (bicyclic) bond motifs is 2. The number of ether oxygens (including phenoxy) is 2. The fourth-order valence-corrected chi connectivity index (χ4v) is 3.76. The van der Waals surface area contributed by atoms with E-state index in [4.69, 9.17) is 9.47 Å². The topological polar surface area (TPSA) is 45.3 Å². The lowest BCUT2D eigenvalue weighted by atomic mass is 9.78. The molecule has 1 saturated carbocycles. The quantitative estimate of drug-likeness (QED) is 0.731. The predicted octanol–water partition coefficient (Wildman–Crippen LogP) is 2.51. The molecule has 104 valence electrons. The minimum absolute atomic E-state index is 0.0491. The Morgan fingerprint density at radius 2 is 1.72 bits per heavy atom. The molecule has 0 amide bonds. The first kappa shape index (κ1) is 12.9. The van der Waals surface area contributed by atoms with E-state index in [0.717, 1.165) is 25.7 Å². The fraction of sp³-hybridized carbons (Fsp3) is 1.00. The van der Waals surface area contributed by atoms with Gasteiger partial charge in [0.15, 0.2) is 0 Å². The van der Waals surface area contributed by atoms with Crippen LogP contribution in [-0.2, 0) is 9.47 Å². The van der Waals surface area contributed by atoms with E-state index in [1.165, 1.54) is 0 Å². The summed E-state index contributed by atoms with van der Waals surface area (Å²) in [6.07, 6.45) is 4.36. The van der Waals surface area contributed by atoms with E-state index >= 15 is 0 Å². The van der Waals surface area contributed by atoms with Gasteiger partial charge in [-0.1, -0.05) is 13.8 Å². The van der Waals surface area contributed by atoms with Crippen molar-refractivity contribution in [3.8, 4) is 0 Å². The molecule has 18 heavy (non-hydrogen) atoms. The van der Waals surface area contributed by atoms with Gasteiger partial charge in [0.05, 0.1) is 23.4 Å². The molecule has 0 spiro atoms. The molecule has 0 unspecified atom stereocenters. The van der Waals surface area contributed by atoms with Gasteiger partial charge in [-0.05, 0) is 51.4 Å². The zero-order valence-corrected chi connectivity index (χ0v) is 12.0. The van der Waals surface area contributed by atoms with Crippen molar-refractivity contribution >= 4 is 0 Å². The van der Waals surface area contributed by atoms with E-state index in [1.807, 2.05) is 0 Å². The smallest absolute Gasteiger partial charge is 0.113 e. The molecule has 0 aromatic heterocycles. The molecule has 3 rings (SSSR count). The fourth-order valence-electron chi connectivity index (χ4n) is 3.76. The van der Waals surface area contributed by atoms with Gasteiger partial charge in [0.2, 0.25) is 0 Å². The largest absolute Gasteiger partial charge is 0.390 e. The molecular formula is C15H26O3. The van der Waals surface area contributed by atoms with Crippen LogP contribution >= 0.6 is 0 Å². The molecule has 0 radical (unpaired) electrons. The van der Waals surface area contributed by atoms with E-state index in [1.54, 1.807) is 0 Å². The second kappa shape index (κ2) is 3.94. The molecule has 3 nitrogen and oxygen atoms in total. The maximum Gasteiger partial charge on any atom is 0.113 e. The maximum absolute atomic E-state index is 10.6. The van der Waals surface area contributed by atoms with Crippen LogP contribution in [-0.4, -0.2) is 34.6 Å². The highest BCUT2D eigenvalue weighted by atomic mass is 16.6. The van der Waals surface area contributed by atoms with Crippen LogP contribution in [0.5, 0.6) is 0 Å². The van der Waals surface area contributed by atoms with Gasteiger partial charge in [-0.3, -0.25) is 0 Å². The van der Waals surface area contributed by atoms with Crippen LogP contribution in [0.15, 0.2) is 0 Å². The normalized spacial score (nSPS) is 55.7. The highest BCUT2D eigenvalue weighted by Crippen LogP contribution is 2.52. The second-order valence-corrected chi connectivity index (χ2v) is 7.25. The third-order valence-corrected chi connectivity index (χ3v) is 5.46. The Kier molecular flexibility index (Phi) is 2.82. The molecule has 3 heteroatoms. The number of aliphatic hydroxyl groups is 1. The van der Waals surface area contributed by atoms with Crippen LogP contribution in [0.3, 0.4) is 0 Å². The predicted molar refractivity (Wildman–Crippen MR) is 69.4 cm³/mol. The van der Waals surface area contributed by atoms with Gasteiger partial charge in [0.1, 0.15) is 6.10 Å². The zero-order valence-electron chi connectivity index (χ0n) is 12.0. The molecule has 1 N–H and O–H groups in total. The number of epoxide rings is 2. The van der Waals surface area contributed by atoms with Crippen molar-refractivity contribution in [3.05, 3.63) is 0 Å². The summed E-state index contributed by atoms with van der Waals surface area (Å²) < 4.78 is 11.7. The summed E-state index contributed by atoms with van der Waals surface area (Å²) >= 11 is 0. The van der Waals surface area contributed by atoms with Crippen LogP contribution in [0.4, 0.5) is 0 Å². The Hall–Kier alpha value is -0.120. The highest BCUT2D eigenvalue weighted by Gasteiger charge is 2.61. The molecule has 0 aromatic carbocycles. The molecular weight excluding hydrogens is 228 g/mol. The van der Waals surface area contributed by atoms with Gasteiger partial charge in [0, 0.05) is 0 Å². The summed E-state index contributed by atoms with van der Waals surface area (Å²) in [4.78, 5) is 0. The minimum Gasteiger partial charge on any atom is -0.390 e. The second-order valence-electron chi connectivity index (χ2n) is 7.25. The van der Waals surface area contributed by atoms with E-state index < -0.39 is 0 Å². The van der Waals surface area contributed by atoms with Gasteiger partial charge in [-0.15, -0.1) is 0 Å². The van der Waals surface area contributed by atoms with Crippen molar-refractivity contribution in [2.45, 2.75) is 82.9 Å². The van der Waals surface area contributed by atoms with Crippen molar-refractivity contribution in [1.82, 2.24) is 0 Å². The summed E-state index contributed by atoms with van der Waals surface area (Å²) in [5, 5.41) is 10.6. The van der Waals surface area contributed by atoms with Gasteiger partial charge in [0.25, 0.3) is 0 Å². The van der Waals surface area contributed by atoms with E-state index in [-0.39, 0.29) is 23.4 Å². The molecule has 0 aromatic rings. The Balaban J connectivity index is 1.77. The first-order chi connectivity index (χ1) is 8.36. The van der Waals surface area contributed by atoms with Crippen molar-refractivity contribution in [2.75, 3.05) is 0 Å². The molecule has 2 heterocycles. The molecule has 2 aliphatic heterocycles.